The van der Waals surface area contributed by atoms with Gasteiger partial charge in [-0.1, -0.05) is 23.4 Å². The van der Waals surface area contributed by atoms with Crippen LogP contribution in [0, 0.1) is 3.57 Å². The third kappa shape index (κ3) is 4.07. The van der Waals surface area contributed by atoms with Crippen LogP contribution in [0.1, 0.15) is 11.1 Å². The number of rotatable bonds is 5. The van der Waals surface area contributed by atoms with E-state index in [2.05, 4.69) is 49.6 Å². The van der Waals surface area contributed by atoms with Crippen molar-refractivity contribution in [1.82, 2.24) is 14.8 Å². The molecule has 3 aromatic rings. The maximum Gasteiger partial charge on any atom is 0.199 e. The van der Waals surface area contributed by atoms with Gasteiger partial charge in [-0.3, -0.25) is 4.90 Å². The number of piperazine rings is 1. The third-order valence-corrected chi connectivity index (χ3v) is 6.51. The zero-order chi connectivity index (χ0) is 21.4. The number of aromatic nitrogens is 1. The summed E-state index contributed by atoms with van der Waals surface area (Å²) in [5.41, 5.74) is 4.55. The molecule has 0 aliphatic carbocycles. The average Bonchev–Trinajstić information content (AvgIpc) is 3.28. The first-order chi connectivity index (χ1) is 15.1. The average molecular weight is 529 g/mol. The number of nitrogens with one attached hydrogen (secondary N) is 1. The number of benzene rings is 2. The molecule has 8 heteroatoms. The summed E-state index contributed by atoms with van der Waals surface area (Å²) in [6.45, 7) is 5.62. The predicted octanol–water partition coefficient (Wildman–Crippen LogP) is 3.58. The Morgan fingerprint density at radius 1 is 1.16 bits per heavy atom. The Morgan fingerprint density at radius 3 is 2.81 bits per heavy atom. The highest BCUT2D eigenvalue weighted by atomic mass is 127. The van der Waals surface area contributed by atoms with Crippen molar-refractivity contribution in [3.05, 3.63) is 57.2 Å². The van der Waals surface area contributed by atoms with E-state index < -0.39 is 0 Å². The Kier molecular flexibility index (Phi) is 5.68. The molecule has 1 fully saturated rings. The molecular formula is C23H24IN5O2. The molecule has 0 atom stereocenters. The van der Waals surface area contributed by atoms with Crippen LogP contribution in [-0.2, 0) is 4.84 Å². The van der Waals surface area contributed by atoms with E-state index >= 15 is 0 Å². The molecule has 2 N–H and O–H groups in total. The van der Waals surface area contributed by atoms with Gasteiger partial charge in [0, 0.05) is 52.8 Å². The van der Waals surface area contributed by atoms with Crippen LogP contribution in [0.4, 0.5) is 5.69 Å². The number of nitrogens with zero attached hydrogens (tertiary/aromatic N) is 4. The van der Waals surface area contributed by atoms with Gasteiger partial charge in [0.25, 0.3) is 0 Å². The number of fused-ring (bicyclic) bond motifs is 2. The smallest absolute Gasteiger partial charge is 0.199 e. The van der Waals surface area contributed by atoms with Crippen molar-refractivity contribution in [2.24, 2.45) is 10.1 Å². The first-order valence-electron chi connectivity index (χ1n) is 10.4. The Bertz CT molecular complexity index is 1180. The first kappa shape index (κ1) is 20.5. The second kappa shape index (κ2) is 8.60. The maximum absolute atomic E-state index is 10.7. The van der Waals surface area contributed by atoms with Gasteiger partial charge in [0.1, 0.15) is 18.0 Å². The largest absolute Gasteiger partial charge is 0.494 e. The van der Waals surface area contributed by atoms with E-state index in [1.165, 1.54) is 0 Å². The molecule has 0 saturated carbocycles. The number of aromatic hydroxyl groups is 1. The second-order valence-corrected chi connectivity index (χ2v) is 9.18. The van der Waals surface area contributed by atoms with Gasteiger partial charge in [-0.15, -0.1) is 0 Å². The molecule has 2 aliphatic heterocycles. The van der Waals surface area contributed by atoms with Gasteiger partial charge < -0.3 is 19.8 Å². The van der Waals surface area contributed by atoms with E-state index in [-0.39, 0.29) is 5.88 Å². The lowest BCUT2D eigenvalue weighted by Crippen LogP contribution is -2.45. The van der Waals surface area contributed by atoms with Gasteiger partial charge in [-0.2, -0.15) is 0 Å². The van der Waals surface area contributed by atoms with E-state index in [1.807, 2.05) is 42.5 Å². The molecule has 0 bridgehead atoms. The fourth-order valence-electron chi connectivity index (χ4n) is 4.08. The fraction of sp³-hybridized carbons (Fsp3) is 0.304. The summed E-state index contributed by atoms with van der Waals surface area (Å²) >= 11 is 2.27. The molecule has 3 heterocycles. The van der Waals surface area contributed by atoms with Crippen LogP contribution >= 0.6 is 22.6 Å². The topological polar surface area (TPSA) is 76.5 Å². The van der Waals surface area contributed by atoms with E-state index in [9.17, 15) is 5.11 Å². The minimum absolute atomic E-state index is 0.0914. The number of oxime groups is 1. The molecule has 0 amide bonds. The van der Waals surface area contributed by atoms with Gasteiger partial charge in [-0.25, -0.2) is 4.99 Å². The number of likely N-dealkylation sites (N-methyl/N-ethyl adjacent to an activating group) is 1. The zero-order valence-electron chi connectivity index (χ0n) is 17.3. The molecule has 2 aromatic carbocycles. The predicted molar refractivity (Wildman–Crippen MR) is 132 cm³/mol. The normalized spacial score (nSPS) is 18.5. The molecule has 0 spiro atoms. The van der Waals surface area contributed by atoms with E-state index in [0.717, 1.165) is 58.4 Å². The zero-order valence-corrected chi connectivity index (χ0v) is 19.5. The quantitative estimate of drug-likeness (QED) is 0.301. The van der Waals surface area contributed by atoms with Crippen molar-refractivity contribution in [1.29, 1.82) is 0 Å². The molecule has 2 aliphatic rings. The molecular weight excluding hydrogens is 505 g/mol. The Balaban J connectivity index is 1.43. The number of hydrogen-bond donors (Lipinski definition) is 2. The number of para-hydroxylation sites is 1. The Labute approximate surface area is 194 Å². The molecule has 7 nitrogen and oxygen atoms in total. The van der Waals surface area contributed by atoms with Crippen molar-refractivity contribution < 1.29 is 9.94 Å². The standard InChI is InChI=1S/C23H24IN5O2/c1-28-8-10-29(11-9-28)12-13-31-27-21-16-4-2-3-5-18(16)25-22(21)20-17-14-15(24)6-7-19(17)26-23(20)30/h2-7,14,26,30H,8-13H2,1H3/b27-21+. The van der Waals surface area contributed by atoms with Crippen molar-refractivity contribution >= 4 is 50.6 Å². The van der Waals surface area contributed by atoms with Crippen LogP contribution in [-0.4, -0.2) is 77.7 Å². The summed E-state index contributed by atoms with van der Waals surface area (Å²) in [6.07, 6.45) is 0. The molecule has 1 aromatic heterocycles. The minimum atomic E-state index is 0.0914. The highest BCUT2D eigenvalue weighted by Gasteiger charge is 2.29. The van der Waals surface area contributed by atoms with E-state index in [0.29, 0.717) is 23.6 Å². The van der Waals surface area contributed by atoms with Crippen molar-refractivity contribution in [2.45, 2.75) is 0 Å². The Morgan fingerprint density at radius 2 is 1.97 bits per heavy atom. The lowest BCUT2D eigenvalue weighted by Gasteiger charge is -2.31. The summed E-state index contributed by atoms with van der Waals surface area (Å²) in [6, 6.07) is 13.9. The highest BCUT2D eigenvalue weighted by molar-refractivity contribution is 14.1. The summed E-state index contributed by atoms with van der Waals surface area (Å²) < 4.78 is 1.09. The van der Waals surface area contributed by atoms with Gasteiger partial charge in [0.15, 0.2) is 5.88 Å². The monoisotopic (exact) mass is 529 g/mol. The van der Waals surface area contributed by atoms with Crippen LogP contribution in [0.15, 0.2) is 52.6 Å². The van der Waals surface area contributed by atoms with Crippen LogP contribution in [0.2, 0.25) is 0 Å². The summed E-state index contributed by atoms with van der Waals surface area (Å²) in [5, 5.41) is 16.1. The number of aliphatic imine (C=N–C) groups is 1. The molecule has 5 rings (SSSR count). The van der Waals surface area contributed by atoms with E-state index in [4.69, 9.17) is 9.83 Å². The van der Waals surface area contributed by atoms with Crippen molar-refractivity contribution in [2.75, 3.05) is 46.4 Å². The van der Waals surface area contributed by atoms with Crippen molar-refractivity contribution in [3.8, 4) is 5.88 Å². The van der Waals surface area contributed by atoms with Gasteiger partial charge >= 0.3 is 0 Å². The minimum Gasteiger partial charge on any atom is -0.494 e. The molecule has 1 saturated heterocycles. The fourth-order valence-corrected chi connectivity index (χ4v) is 4.57. The lowest BCUT2D eigenvalue weighted by atomic mass is 10.0. The third-order valence-electron chi connectivity index (χ3n) is 5.84. The number of aromatic amines is 1. The van der Waals surface area contributed by atoms with Crippen LogP contribution in [0.3, 0.4) is 0 Å². The summed E-state index contributed by atoms with van der Waals surface area (Å²) in [5.74, 6) is 0.0914. The number of hydrogen-bond acceptors (Lipinski definition) is 6. The summed E-state index contributed by atoms with van der Waals surface area (Å²) in [4.78, 5) is 18.4. The molecule has 0 radical (unpaired) electrons. The maximum atomic E-state index is 10.7. The SMILES string of the molecule is CN1CCN(CCO/N=C2/C(c3c(O)[nH]c4ccc(I)cc34)=Nc3ccccc32)CC1. The van der Waals surface area contributed by atoms with Crippen LogP contribution in [0.25, 0.3) is 10.9 Å². The van der Waals surface area contributed by atoms with Gasteiger partial charge in [-0.05, 0) is 53.9 Å². The Hall–Kier alpha value is -2.43. The second-order valence-electron chi connectivity index (χ2n) is 7.93. The highest BCUT2D eigenvalue weighted by Crippen LogP contribution is 2.36. The number of halogens is 1. The van der Waals surface area contributed by atoms with Crippen LogP contribution in [0.5, 0.6) is 5.88 Å². The van der Waals surface area contributed by atoms with E-state index in [1.54, 1.807) is 0 Å². The van der Waals surface area contributed by atoms with Crippen molar-refractivity contribution in [3.63, 3.8) is 0 Å². The van der Waals surface area contributed by atoms with Crippen LogP contribution < -0.4 is 0 Å². The molecule has 31 heavy (non-hydrogen) atoms. The first-order valence-corrected chi connectivity index (χ1v) is 11.5. The number of H-pyrrole nitrogens is 1. The van der Waals surface area contributed by atoms with Gasteiger partial charge in [0.05, 0.1) is 11.3 Å². The van der Waals surface area contributed by atoms with Gasteiger partial charge in [0.2, 0.25) is 0 Å². The molecule has 0 unspecified atom stereocenters. The lowest BCUT2D eigenvalue weighted by molar-refractivity contribution is 0.0864. The molecule has 160 valence electrons. The summed E-state index contributed by atoms with van der Waals surface area (Å²) in [7, 11) is 2.15.